The molecule has 1 rings (SSSR count). The molecule has 0 aromatic carbocycles. The number of anilines is 2. The van der Waals surface area contributed by atoms with Gasteiger partial charge in [-0.1, -0.05) is 13.0 Å². The van der Waals surface area contributed by atoms with Crippen molar-refractivity contribution in [3.8, 4) is 0 Å². The van der Waals surface area contributed by atoms with Gasteiger partial charge in [0.1, 0.15) is 5.82 Å². The van der Waals surface area contributed by atoms with Crippen molar-refractivity contribution in [1.82, 2.24) is 10.2 Å². The van der Waals surface area contributed by atoms with Gasteiger partial charge < -0.3 is 10.6 Å². The van der Waals surface area contributed by atoms with Gasteiger partial charge in [0.05, 0.1) is 0 Å². The lowest BCUT2D eigenvalue weighted by Gasteiger charge is -2.03. The van der Waals surface area contributed by atoms with Crippen LogP contribution in [-0.4, -0.2) is 22.6 Å². The predicted octanol–water partition coefficient (Wildman–Crippen LogP) is 1.42. The van der Waals surface area contributed by atoms with Crippen LogP contribution in [0, 0.1) is 0 Å². The Hall–Kier alpha value is -1.91. The molecule has 0 aliphatic rings. The average molecular weight is 206 g/mol. The topological polar surface area (TPSA) is 66.9 Å². The second kappa shape index (κ2) is 5.74. The Kier molecular flexibility index (Phi) is 4.28. The molecular weight excluding hydrogens is 192 g/mol. The van der Waals surface area contributed by atoms with Gasteiger partial charge in [-0.3, -0.25) is 4.79 Å². The fraction of sp³-hybridized carbons (Fsp3) is 0.300. The van der Waals surface area contributed by atoms with Crippen molar-refractivity contribution in [2.45, 2.75) is 13.3 Å². The normalized spacial score (nSPS) is 9.40. The highest BCUT2D eigenvalue weighted by Crippen LogP contribution is 2.05. The van der Waals surface area contributed by atoms with Crippen molar-refractivity contribution < 1.29 is 4.79 Å². The van der Waals surface area contributed by atoms with Gasteiger partial charge in [0.2, 0.25) is 5.91 Å². The van der Waals surface area contributed by atoms with E-state index in [9.17, 15) is 4.79 Å². The van der Waals surface area contributed by atoms with Crippen LogP contribution in [0.5, 0.6) is 0 Å². The number of hydrogen-bond acceptors (Lipinski definition) is 4. The standard InChI is InChI=1S/C10H14N4O/c1-3-7-11-8-5-6-9(14-13-8)12-10(15)4-2/h3,5-6H,1,4,7H2,2H3,(H,11,13)(H,12,14,15). The van der Waals surface area contributed by atoms with Crippen molar-refractivity contribution in [3.05, 3.63) is 24.8 Å². The van der Waals surface area contributed by atoms with Crippen LogP contribution in [0.3, 0.4) is 0 Å². The highest BCUT2D eigenvalue weighted by atomic mass is 16.1. The molecule has 1 amide bonds. The Morgan fingerprint density at radius 3 is 2.67 bits per heavy atom. The fourth-order valence-electron chi connectivity index (χ4n) is 0.901. The number of hydrogen-bond donors (Lipinski definition) is 2. The minimum absolute atomic E-state index is 0.0731. The molecule has 0 radical (unpaired) electrons. The van der Waals surface area contributed by atoms with Crippen LogP contribution < -0.4 is 10.6 Å². The van der Waals surface area contributed by atoms with Gasteiger partial charge in [-0.15, -0.1) is 16.8 Å². The lowest BCUT2D eigenvalue weighted by atomic mass is 10.4. The van der Waals surface area contributed by atoms with Crippen LogP contribution in [0.2, 0.25) is 0 Å². The van der Waals surface area contributed by atoms with Gasteiger partial charge in [0.25, 0.3) is 0 Å². The number of rotatable bonds is 5. The number of nitrogens with one attached hydrogen (secondary N) is 2. The minimum atomic E-state index is -0.0731. The molecule has 0 saturated heterocycles. The Balaban J connectivity index is 2.55. The largest absolute Gasteiger partial charge is 0.365 e. The molecule has 15 heavy (non-hydrogen) atoms. The van der Waals surface area contributed by atoms with E-state index in [1.165, 1.54) is 0 Å². The summed E-state index contributed by atoms with van der Waals surface area (Å²) in [5.41, 5.74) is 0. The zero-order chi connectivity index (χ0) is 11.1. The van der Waals surface area contributed by atoms with Crippen molar-refractivity contribution in [2.24, 2.45) is 0 Å². The lowest BCUT2D eigenvalue weighted by Crippen LogP contribution is -2.11. The first-order chi connectivity index (χ1) is 7.26. The highest BCUT2D eigenvalue weighted by molar-refractivity contribution is 5.89. The molecule has 0 fully saturated rings. The first-order valence-corrected chi connectivity index (χ1v) is 4.74. The fourth-order valence-corrected chi connectivity index (χ4v) is 0.901. The summed E-state index contributed by atoms with van der Waals surface area (Å²) in [6.45, 7) is 5.99. The van der Waals surface area contributed by atoms with E-state index in [-0.39, 0.29) is 5.91 Å². The molecule has 0 aliphatic carbocycles. The molecular formula is C10H14N4O. The Morgan fingerprint density at radius 2 is 2.13 bits per heavy atom. The smallest absolute Gasteiger partial charge is 0.225 e. The summed E-state index contributed by atoms with van der Waals surface area (Å²) in [6, 6.07) is 3.45. The van der Waals surface area contributed by atoms with Gasteiger partial charge in [-0.2, -0.15) is 0 Å². The van der Waals surface area contributed by atoms with Crippen LogP contribution in [0.4, 0.5) is 11.6 Å². The molecule has 0 atom stereocenters. The van der Waals surface area contributed by atoms with E-state index in [0.717, 1.165) is 0 Å². The molecule has 80 valence electrons. The van der Waals surface area contributed by atoms with Gasteiger partial charge in [0.15, 0.2) is 5.82 Å². The summed E-state index contributed by atoms with van der Waals surface area (Å²) in [5.74, 6) is 1.05. The van der Waals surface area contributed by atoms with Gasteiger partial charge in [0, 0.05) is 13.0 Å². The minimum Gasteiger partial charge on any atom is -0.365 e. The van der Waals surface area contributed by atoms with Crippen molar-refractivity contribution in [1.29, 1.82) is 0 Å². The lowest BCUT2D eigenvalue weighted by molar-refractivity contribution is -0.115. The Morgan fingerprint density at radius 1 is 1.47 bits per heavy atom. The predicted molar refractivity (Wildman–Crippen MR) is 59.6 cm³/mol. The molecule has 0 unspecified atom stereocenters. The third-order valence-corrected chi connectivity index (χ3v) is 1.68. The number of carbonyl (C=O) groups excluding carboxylic acids is 1. The van der Waals surface area contributed by atoms with Gasteiger partial charge >= 0.3 is 0 Å². The van der Waals surface area contributed by atoms with E-state index in [1.807, 2.05) is 0 Å². The van der Waals surface area contributed by atoms with Crippen molar-refractivity contribution in [3.63, 3.8) is 0 Å². The highest BCUT2D eigenvalue weighted by Gasteiger charge is 2.00. The number of carbonyl (C=O) groups is 1. The molecule has 1 heterocycles. The third-order valence-electron chi connectivity index (χ3n) is 1.68. The first-order valence-electron chi connectivity index (χ1n) is 4.74. The second-order valence-corrected chi connectivity index (χ2v) is 2.88. The van der Waals surface area contributed by atoms with Crippen LogP contribution in [0.25, 0.3) is 0 Å². The molecule has 0 aliphatic heterocycles. The summed E-state index contributed by atoms with van der Waals surface area (Å²) in [4.78, 5) is 11.0. The van der Waals surface area contributed by atoms with E-state index in [4.69, 9.17) is 0 Å². The zero-order valence-electron chi connectivity index (χ0n) is 8.66. The van der Waals surface area contributed by atoms with E-state index in [2.05, 4.69) is 27.4 Å². The van der Waals surface area contributed by atoms with Crippen LogP contribution in [-0.2, 0) is 4.79 Å². The SMILES string of the molecule is C=CCNc1ccc(NC(=O)CC)nn1. The first kappa shape index (κ1) is 11.2. The van der Waals surface area contributed by atoms with E-state index in [0.29, 0.717) is 24.6 Å². The molecule has 1 aromatic rings. The third kappa shape index (κ3) is 3.76. The summed E-state index contributed by atoms with van der Waals surface area (Å²) in [6.07, 6.45) is 2.16. The Labute approximate surface area is 88.6 Å². The van der Waals surface area contributed by atoms with E-state index >= 15 is 0 Å². The van der Waals surface area contributed by atoms with Crippen molar-refractivity contribution >= 4 is 17.5 Å². The maximum Gasteiger partial charge on any atom is 0.225 e. The molecule has 0 saturated carbocycles. The molecule has 5 nitrogen and oxygen atoms in total. The summed E-state index contributed by atoms with van der Waals surface area (Å²) in [7, 11) is 0. The molecule has 2 N–H and O–H groups in total. The number of nitrogens with zero attached hydrogens (tertiary/aromatic N) is 2. The van der Waals surface area contributed by atoms with Gasteiger partial charge in [-0.25, -0.2) is 0 Å². The van der Waals surface area contributed by atoms with Crippen LogP contribution in [0.15, 0.2) is 24.8 Å². The van der Waals surface area contributed by atoms with Crippen LogP contribution >= 0.6 is 0 Å². The number of aromatic nitrogens is 2. The summed E-state index contributed by atoms with van der Waals surface area (Å²) >= 11 is 0. The molecule has 5 heteroatoms. The average Bonchev–Trinajstić information content (AvgIpc) is 2.28. The van der Waals surface area contributed by atoms with E-state index < -0.39 is 0 Å². The molecule has 0 bridgehead atoms. The van der Waals surface area contributed by atoms with Crippen LogP contribution in [0.1, 0.15) is 13.3 Å². The zero-order valence-corrected chi connectivity index (χ0v) is 8.66. The maximum absolute atomic E-state index is 11.0. The molecule has 0 spiro atoms. The molecule has 1 aromatic heterocycles. The summed E-state index contributed by atoms with van der Waals surface area (Å²) < 4.78 is 0. The maximum atomic E-state index is 11.0. The number of amides is 1. The summed E-state index contributed by atoms with van der Waals surface area (Å²) in [5, 5.41) is 13.3. The Bertz CT molecular complexity index is 334. The quantitative estimate of drug-likeness (QED) is 0.715. The second-order valence-electron chi connectivity index (χ2n) is 2.88. The van der Waals surface area contributed by atoms with Gasteiger partial charge in [-0.05, 0) is 12.1 Å². The van der Waals surface area contributed by atoms with Crippen molar-refractivity contribution in [2.75, 3.05) is 17.2 Å². The monoisotopic (exact) mass is 206 g/mol. The van der Waals surface area contributed by atoms with E-state index in [1.54, 1.807) is 25.1 Å².